The number of aromatic nitrogens is 1. The van der Waals surface area contributed by atoms with E-state index < -0.39 is 10.8 Å². The molecule has 0 unspecified atom stereocenters. The molecular formula is C11H16N6O3. The van der Waals surface area contributed by atoms with Crippen LogP contribution in [0.25, 0.3) is 0 Å². The molecule has 1 aromatic heterocycles. The molecule has 1 amide bonds. The molecule has 0 atom stereocenters. The van der Waals surface area contributed by atoms with Crippen LogP contribution in [0.2, 0.25) is 0 Å². The molecule has 1 fully saturated rings. The van der Waals surface area contributed by atoms with Gasteiger partial charge in [-0.3, -0.25) is 20.3 Å². The summed E-state index contributed by atoms with van der Waals surface area (Å²) in [5.41, 5.74) is 8.03. The Bertz CT molecular complexity index is 527. The summed E-state index contributed by atoms with van der Waals surface area (Å²) in [6.45, 7) is 3.04. The molecule has 0 bridgehead atoms. The SMILES string of the molecule is CN1CCN(NC(=O)c2cc([N+](=O)[O-])cnc2N)CC1. The van der Waals surface area contributed by atoms with Crippen molar-refractivity contribution < 1.29 is 9.72 Å². The van der Waals surface area contributed by atoms with E-state index in [1.54, 1.807) is 5.01 Å². The number of carbonyl (C=O) groups excluding carboxylic acids is 1. The van der Waals surface area contributed by atoms with Crippen molar-refractivity contribution in [3.05, 3.63) is 27.9 Å². The second-order valence-corrected chi connectivity index (χ2v) is 4.61. The van der Waals surface area contributed by atoms with Gasteiger partial charge in [0.25, 0.3) is 11.6 Å². The van der Waals surface area contributed by atoms with Gasteiger partial charge in [0.2, 0.25) is 0 Å². The minimum atomic E-state index is -0.612. The number of piperazine rings is 1. The van der Waals surface area contributed by atoms with Gasteiger partial charge >= 0.3 is 0 Å². The Balaban J connectivity index is 2.08. The van der Waals surface area contributed by atoms with Crippen molar-refractivity contribution in [1.29, 1.82) is 0 Å². The number of nitro groups is 1. The zero-order valence-electron chi connectivity index (χ0n) is 11.1. The summed E-state index contributed by atoms with van der Waals surface area (Å²) in [7, 11) is 2.00. The number of hydrogen-bond donors (Lipinski definition) is 2. The summed E-state index contributed by atoms with van der Waals surface area (Å²) < 4.78 is 0. The highest BCUT2D eigenvalue weighted by molar-refractivity contribution is 5.98. The van der Waals surface area contributed by atoms with Gasteiger partial charge in [-0.05, 0) is 7.05 Å². The van der Waals surface area contributed by atoms with Gasteiger partial charge < -0.3 is 10.6 Å². The monoisotopic (exact) mass is 280 g/mol. The van der Waals surface area contributed by atoms with E-state index in [1.807, 2.05) is 7.05 Å². The van der Waals surface area contributed by atoms with E-state index >= 15 is 0 Å². The second-order valence-electron chi connectivity index (χ2n) is 4.61. The molecule has 2 rings (SSSR count). The smallest absolute Gasteiger partial charge is 0.288 e. The fourth-order valence-electron chi connectivity index (χ4n) is 1.87. The van der Waals surface area contributed by atoms with Crippen LogP contribution in [-0.2, 0) is 0 Å². The number of carbonyl (C=O) groups is 1. The predicted octanol–water partition coefficient (Wildman–Crippen LogP) is -0.536. The topological polar surface area (TPSA) is 118 Å². The van der Waals surface area contributed by atoms with Crippen molar-refractivity contribution in [2.75, 3.05) is 39.0 Å². The standard InChI is InChI=1S/C11H16N6O3/c1-15-2-4-16(5-3-15)14-11(18)9-6-8(17(19)20)7-13-10(9)12/h6-7H,2-5H2,1H3,(H2,12,13)(H,14,18). The van der Waals surface area contributed by atoms with E-state index in [1.165, 1.54) is 0 Å². The molecule has 0 spiro atoms. The van der Waals surface area contributed by atoms with E-state index in [-0.39, 0.29) is 17.1 Å². The third-order valence-corrected chi connectivity index (χ3v) is 3.12. The first-order valence-electron chi connectivity index (χ1n) is 6.12. The van der Waals surface area contributed by atoms with Crippen LogP contribution >= 0.6 is 0 Å². The molecular weight excluding hydrogens is 264 g/mol. The Morgan fingerprint density at radius 2 is 2.10 bits per heavy atom. The second kappa shape index (κ2) is 5.80. The average molecular weight is 280 g/mol. The normalized spacial score (nSPS) is 16.9. The highest BCUT2D eigenvalue weighted by atomic mass is 16.6. The molecule has 0 aromatic carbocycles. The van der Waals surface area contributed by atoms with Crippen molar-refractivity contribution in [3.63, 3.8) is 0 Å². The van der Waals surface area contributed by atoms with Crippen molar-refractivity contribution in [3.8, 4) is 0 Å². The van der Waals surface area contributed by atoms with Crippen LogP contribution in [0.5, 0.6) is 0 Å². The summed E-state index contributed by atoms with van der Waals surface area (Å²) in [6, 6.07) is 1.13. The summed E-state index contributed by atoms with van der Waals surface area (Å²) in [4.78, 5) is 28.0. The molecule has 1 aromatic rings. The third-order valence-electron chi connectivity index (χ3n) is 3.12. The van der Waals surface area contributed by atoms with E-state index in [0.717, 1.165) is 25.4 Å². The summed E-state index contributed by atoms with van der Waals surface area (Å²) in [5, 5.41) is 12.5. The van der Waals surface area contributed by atoms with Crippen molar-refractivity contribution in [1.82, 2.24) is 20.3 Å². The highest BCUT2D eigenvalue weighted by Crippen LogP contribution is 2.16. The fourth-order valence-corrected chi connectivity index (χ4v) is 1.87. The van der Waals surface area contributed by atoms with E-state index in [0.29, 0.717) is 13.1 Å². The maximum absolute atomic E-state index is 12.1. The van der Waals surface area contributed by atoms with Crippen LogP contribution < -0.4 is 11.2 Å². The van der Waals surface area contributed by atoms with Crippen LogP contribution in [0, 0.1) is 10.1 Å². The number of anilines is 1. The highest BCUT2D eigenvalue weighted by Gasteiger charge is 2.20. The molecule has 0 saturated carbocycles. The predicted molar refractivity (Wildman–Crippen MR) is 71.8 cm³/mol. The molecule has 1 saturated heterocycles. The molecule has 0 aliphatic carbocycles. The van der Waals surface area contributed by atoms with Gasteiger partial charge in [0.15, 0.2) is 0 Å². The molecule has 9 heteroatoms. The first-order chi connectivity index (χ1) is 9.47. The molecule has 1 aliphatic rings. The fraction of sp³-hybridized carbons (Fsp3) is 0.455. The lowest BCUT2D eigenvalue weighted by molar-refractivity contribution is -0.385. The number of pyridine rings is 1. The first kappa shape index (κ1) is 14.2. The average Bonchev–Trinajstić information content (AvgIpc) is 2.41. The Kier molecular flexibility index (Phi) is 4.11. The van der Waals surface area contributed by atoms with Crippen LogP contribution in [-0.4, -0.2) is 58.9 Å². The van der Waals surface area contributed by atoms with Crippen molar-refractivity contribution in [2.24, 2.45) is 0 Å². The van der Waals surface area contributed by atoms with Gasteiger partial charge in [0, 0.05) is 32.2 Å². The zero-order valence-corrected chi connectivity index (χ0v) is 11.1. The number of nitrogens with one attached hydrogen (secondary N) is 1. The lowest BCUT2D eigenvalue weighted by atomic mass is 10.2. The van der Waals surface area contributed by atoms with Gasteiger partial charge in [-0.2, -0.15) is 0 Å². The van der Waals surface area contributed by atoms with E-state index in [2.05, 4.69) is 15.3 Å². The molecule has 0 radical (unpaired) electrons. The maximum atomic E-state index is 12.1. The Morgan fingerprint density at radius 1 is 1.45 bits per heavy atom. The number of amides is 1. The summed E-state index contributed by atoms with van der Waals surface area (Å²) in [6.07, 6.45) is 1.03. The lowest BCUT2D eigenvalue weighted by Crippen LogP contribution is -2.52. The van der Waals surface area contributed by atoms with Gasteiger partial charge in [0.05, 0.1) is 10.5 Å². The van der Waals surface area contributed by atoms with Crippen LogP contribution in [0.3, 0.4) is 0 Å². The van der Waals surface area contributed by atoms with E-state index in [4.69, 9.17) is 5.73 Å². The number of nitrogens with zero attached hydrogens (tertiary/aromatic N) is 4. The number of hydrogen-bond acceptors (Lipinski definition) is 7. The largest absolute Gasteiger partial charge is 0.383 e. The number of likely N-dealkylation sites (N-methyl/N-ethyl adjacent to an activating group) is 1. The molecule has 108 valence electrons. The summed E-state index contributed by atoms with van der Waals surface area (Å²) in [5.74, 6) is -0.509. The Labute approximate surface area is 115 Å². The van der Waals surface area contributed by atoms with Crippen LogP contribution in [0.4, 0.5) is 11.5 Å². The van der Waals surface area contributed by atoms with Crippen LogP contribution in [0.15, 0.2) is 12.3 Å². The quantitative estimate of drug-likeness (QED) is 0.564. The third kappa shape index (κ3) is 3.19. The summed E-state index contributed by atoms with van der Waals surface area (Å²) >= 11 is 0. The lowest BCUT2D eigenvalue weighted by Gasteiger charge is -2.32. The molecule has 20 heavy (non-hydrogen) atoms. The van der Waals surface area contributed by atoms with Crippen molar-refractivity contribution in [2.45, 2.75) is 0 Å². The number of nitrogen functional groups attached to an aromatic ring is 1. The maximum Gasteiger partial charge on any atom is 0.288 e. The Hall–Kier alpha value is -2.26. The van der Waals surface area contributed by atoms with E-state index in [9.17, 15) is 14.9 Å². The van der Waals surface area contributed by atoms with Gasteiger partial charge in [-0.1, -0.05) is 0 Å². The number of hydrazine groups is 1. The van der Waals surface area contributed by atoms with Gasteiger partial charge in [0.1, 0.15) is 12.0 Å². The van der Waals surface area contributed by atoms with Gasteiger partial charge in [-0.15, -0.1) is 0 Å². The number of rotatable bonds is 3. The Morgan fingerprint density at radius 3 is 2.70 bits per heavy atom. The molecule has 9 nitrogen and oxygen atoms in total. The minimum absolute atomic E-state index is 0.0122. The van der Waals surface area contributed by atoms with Gasteiger partial charge in [-0.25, -0.2) is 9.99 Å². The first-order valence-corrected chi connectivity index (χ1v) is 6.12. The van der Waals surface area contributed by atoms with Crippen molar-refractivity contribution >= 4 is 17.4 Å². The molecule has 2 heterocycles. The molecule has 1 aliphatic heterocycles. The minimum Gasteiger partial charge on any atom is -0.383 e. The zero-order chi connectivity index (χ0) is 14.7. The number of nitrogens with two attached hydrogens (primary N) is 1. The van der Waals surface area contributed by atoms with Crippen LogP contribution in [0.1, 0.15) is 10.4 Å². The molecule has 3 N–H and O–H groups in total.